The van der Waals surface area contributed by atoms with Gasteiger partial charge < -0.3 is 10.8 Å². The van der Waals surface area contributed by atoms with E-state index in [2.05, 4.69) is 5.14 Å². The van der Waals surface area contributed by atoms with Gasteiger partial charge in [0.05, 0.1) is 18.0 Å². The van der Waals surface area contributed by atoms with Crippen molar-refractivity contribution in [3.63, 3.8) is 0 Å². The van der Waals surface area contributed by atoms with Gasteiger partial charge in [-0.2, -0.15) is 0 Å². The van der Waals surface area contributed by atoms with Crippen LogP contribution in [0, 0.1) is 17.5 Å². The summed E-state index contributed by atoms with van der Waals surface area (Å²) in [5, 5.41) is 13.0. The number of benzene rings is 1. The lowest BCUT2D eigenvalue weighted by molar-refractivity contribution is 0.319. The molecule has 0 fully saturated rings. The zero-order valence-corrected chi connectivity index (χ0v) is 11.2. The molecule has 0 amide bonds. The maximum absolute atomic E-state index is 13.7. The summed E-state index contributed by atoms with van der Waals surface area (Å²) in [5.74, 6) is -7.54. The molecule has 0 bridgehead atoms. The van der Waals surface area contributed by atoms with Gasteiger partial charge in [0, 0.05) is 0 Å². The normalized spacial score (nSPS) is 12.7. The summed E-state index contributed by atoms with van der Waals surface area (Å²) in [5.41, 5.74) is 3.57. The largest absolute Gasteiger partial charge is 0.395 e. The number of hydrogen-bond acceptors (Lipinski definition) is 6. The first kappa shape index (κ1) is 16.7. The number of anilines is 1. The molecule has 12 heteroatoms. The zero-order valence-electron chi connectivity index (χ0n) is 9.60. The molecule has 0 spiro atoms. The van der Waals surface area contributed by atoms with Gasteiger partial charge >= 0.3 is 0 Å². The standard InChI is InChI=1S/C8H9F3N2O5S2/c9-3-4(10)8(19(15,16)2-1-14)6(12)5(11)7(3)20(13,17)18/h14H,1-2,12H2,(H2,13,17,18). The summed E-state index contributed by atoms with van der Waals surface area (Å²) in [4.78, 5) is -3.43. The smallest absolute Gasteiger partial charge is 0.244 e. The van der Waals surface area contributed by atoms with Crippen molar-refractivity contribution >= 4 is 25.5 Å². The molecule has 0 saturated heterocycles. The van der Waals surface area contributed by atoms with Crippen molar-refractivity contribution in [3.05, 3.63) is 17.5 Å². The van der Waals surface area contributed by atoms with Crippen molar-refractivity contribution in [3.8, 4) is 0 Å². The Kier molecular flexibility index (Phi) is 4.34. The van der Waals surface area contributed by atoms with Crippen LogP contribution in [0.1, 0.15) is 0 Å². The first-order chi connectivity index (χ1) is 8.95. The Morgan fingerprint density at radius 3 is 1.80 bits per heavy atom. The third-order valence-electron chi connectivity index (χ3n) is 2.23. The fourth-order valence-electron chi connectivity index (χ4n) is 1.41. The highest BCUT2D eigenvalue weighted by Gasteiger charge is 2.34. The molecule has 0 aliphatic rings. The van der Waals surface area contributed by atoms with Gasteiger partial charge in [-0.1, -0.05) is 0 Å². The minimum atomic E-state index is -5.00. The van der Waals surface area contributed by atoms with Gasteiger partial charge in [0.2, 0.25) is 10.0 Å². The molecule has 0 atom stereocenters. The highest BCUT2D eigenvalue weighted by Crippen LogP contribution is 2.33. The van der Waals surface area contributed by atoms with Crippen LogP contribution < -0.4 is 10.9 Å². The molecule has 0 aromatic heterocycles. The Morgan fingerprint density at radius 2 is 1.40 bits per heavy atom. The molecule has 20 heavy (non-hydrogen) atoms. The van der Waals surface area contributed by atoms with Crippen molar-refractivity contribution < 1.29 is 35.1 Å². The summed E-state index contributed by atoms with van der Waals surface area (Å²) in [6.07, 6.45) is 0. The van der Waals surface area contributed by atoms with E-state index in [4.69, 9.17) is 10.8 Å². The van der Waals surface area contributed by atoms with E-state index in [1.54, 1.807) is 0 Å². The van der Waals surface area contributed by atoms with Crippen LogP contribution in [0.15, 0.2) is 9.79 Å². The number of aliphatic hydroxyl groups excluding tert-OH is 1. The minimum Gasteiger partial charge on any atom is -0.395 e. The lowest BCUT2D eigenvalue weighted by Gasteiger charge is -2.12. The third-order valence-corrected chi connectivity index (χ3v) is 4.90. The number of nitrogens with two attached hydrogens (primary N) is 2. The van der Waals surface area contributed by atoms with Crippen molar-refractivity contribution in [2.75, 3.05) is 18.1 Å². The van der Waals surface area contributed by atoms with Gasteiger partial charge in [-0.05, 0) is 0 Å². The van der Waals surface area contributed by atoms with Crippen molar-refractivity contribution in [1.29, 1.82) is 0 Å². The zero-order chi connectivity index (χ0) is 15.9. The van der Waals surface area contributed by atoms with Gasteiger partial charge in [-0.15, -0.1) is 0 Å². The van der Waals surface area contributed by atoms with Crippen molar-refractivity contribution in [2.45, 2.75) is 9.79 Å². The van der Waals surface area contributed by atoms with E-state index in [9.17, 15) is 30.0 Å². The number of sulfonamides is 1. The molecule has 114 valence electrons. The number of primary sulfonamides is 1. The summed E-state index contributed by atoms with van der Waals surface area (Å²) in [7, 11) is -9.64. The van der Waals surface area contributed by atoms with Crippen LogP contribution in [0.4, 0.5) is 18.9 Å². The lowest BCUT2D eigenvalue weighted by atomic mass is 10.3. The topological polar surface area (TPSA) is 141 Å². The second-order valence-electron chi connectivity index (χ2n) is 3.60. The first-order valence-electron chi connectivity index (χ1n) is 4.77. The number of hydrogen-bond donors (Lipinski definition) is 3. The molecule has 0 unspecified atom stereocenters. The lowest BCUT2D eigenvalue weighted by Crippen LogP contribution is -2.22. The Bertz CT molecular complexity index is 732. The van der Waals surface area contributed by atoms with Gasteiger partial charge in [0.1, 0.15) is 4.90 Å². The Hall–Kier alpha value is -1.37. The van der Waals surface area contributed by atoms with Crippen LogP contribution in [0.2, 0.25) is 0 Å². The van der Waals surface area contributed by atoms with E-state index in [-0.39, 0.29) is 0 Å². The Balaban J connectivity index is 3.89. The second-order valence-corrected chi connectivity index (χ2v) is 7.15. The second kappa shape index (κ2) is 5.20. The maximum atomic E-state index is 13.7. The average molecular weight is 334 g/mol. The fraction of sp³-hybridized carbons (Fsp3) is 0.250. The SMILES string of the molecule is Nc1c(F)c(S(N)(=O)=O)c(F)c(F)c1S(=O)(=O)CCO. The predicted octanol–water partition coefficient (Wildman–Crippen LogP) is -0.900. The van der Waals surface area contributed by atoms with Crippen LogP contribution in [0.25, 0.3) is 0 Å². The third kappa shape index (κ3) is 2.72. The molecule has 0 radical (unpaired) electrons. The van der Waals surface area contributed by atoms with Crippen LogP contribution >= 0.6 is 0 Å². The molecule has 5 N–H and O–H groups in total. The van der Waals surface area contributed by atoms with E-state index in [1.807, 2.05) is 0 Å². The van der Waals surface area contributed by atoms with Gasteiger partial charge in [0.25, 0.3) is 0 Å². The van der Waals surface area contributed by atoms with Gasteiger partial charge in [-0.3, -0.25) is 0 Å². The van der Waals surface area contributed by atoms with E-state index in [1.165, 1.54) is 0 Å². The minimum absolute atomic E-state index is 0.957. The van der Waals surface area contributed by atoms with Crippen LogP contribution in [0.5, 0.6) is 0 Å². The average Bonchev–Trinajstić information content (AvgIpc) is 2.24. The van der Waals surface area contributed by atoms with E-state index in [0.29, 0.717) is 0 Å². The van der Waals surface area contributed by atoms with E-state index < -0.39 is 65.2 Å². The van der Waals surface area contributed by atoms with Crippen LogP contribution in [-0.2, 0) is 19.9 Å². The molecule has 7 nitrogen and oxygen atoms in total. The molecular weight excluding hydrogens is 325 g/mol. The Morgan fingerprint density at radius 1 is 0.950 bits per heavy atom. The predicted molar refractivity (Wildman–Crippen MR) is 61.2 cm³/mol. The summed E-state index contributed by atoms with van der Waals surface area (Å²) in [6.45, 7) is -0.957. The molecule has 0 aliphatic heterocycles. The molecule has 1 rings (SSSR count). The quantitative estimate of drug-likeness (QED) is 0.481. The van der Waals surface area contributed by atoms with Gasteiger partial charge in [-0.25, -0.2) is 35.1 Å². The molecule has 0 saturated carbocycles. The van der Waals surface area contributed by atoms with Crippen LogP contribution in [0.3, 0.4) is 0 Å². The van der Waals surface area contributed by atoms with Crippen molar-refractivity contribution in [1.82, 2.24) is 0 Å². The number of rotatable bonds is 4. The number of aliphatic hydroxyl groups is 1. The molecule has 0 aliphatic carbocycles. The van der Waals surface area contributed by atoms with E-state index >= 15 is 0 Å². The molecule has 1 aromatic rings. The highest BCUT2D eigenvalue weighted by atomic mass is 32.2. The van der Waals surface area contributed by atoms with Gasteiger partial charge in [0.15, 0.2) is 32.2 Å². The van der Waals surface area contributed by atoms with E-state index in [0.717, 1.165) is 0 Å². The molecule has 1 aromatic carbocycles. The monoisotopic (exact) mass is 334 g/mol. The maximum Gasteiger partial charge on any atom is 0.244 e. The number of halogens is 3. The number of sulfone groups is 1. The Labute approximate surface area is 112 Å². The fourth-order valence-corrected chi connectivity index (χ4v) is 3.34. The van der Waals surface area contributed by atoms with Crippen molar-refractivity contribution in [2.24, 2.45) is 5.14 Å². The highest BCUT2D eigenvalue weighted by molar-refractivity contribution is 7.91. The summed E-state index contributed by atoms with van der Waals surface area (Å²) < 4.78 is 85.8. The summed E-state index contributed by atoms with van der Waals surface area (Å²) >= 11 is 0. The molecule has 0 heterocycles. The van der Waals surface area contributed by atoms with Crippen LogP contribution in [-0.4, -0.2) is 34.3 Å². The summed E-state index contributed by atoms with van der Waals surface area (Å²) in [6, 6.07) is 0. The first-order valence-corrected chi connectivity index (χ1v) is 7.97. The number of nitrogen functional groups attached to an aromatic ring is 1. The molecular formula is C8H9F3N2O5S2.